The van der Waals surface area contributed by atoms with E-state index >= 15 is 0 Å². The summed E-state index contributed by atoms with van der Waals surface area (Å²) in [4.78, 5) is 0. The number of aliphatic hydroxyl groups is 1. The molecule has 1 aromatic rings. The summed E-state index contributed by atoms with van der Waals surface area (Å²) < 4.78 is 10.7. The van der Waals surface area contributed by atoms with Gasteiger partial charge in [0.15, 0.2) is 0 Å². The molecule has 3 heteroatoms. The standard InChI is InChI=1S/C17H26O3/c1-16(2)8-5-9-17(18,11-10-16)14-12-13(19-3)6-7-15(14)20-4/h6-7,12,18H,5,8-11H2,1-4H3. The number of methoxy groups -OCH3 is 2. The summed E-state index contributed by atoms with van der Waals surface area (Å²) in [6.45, 7) is 4.56. The molecule has 1 aromatic carbocycles. The zero-order valence-corrected chi connectivity index (χ0v) is 13.0. The second kappa shape index (κ2) is 5.65. The minimum atomic E-state index is -0.812. The van der Waals surface area contributed by atoms with Crippen molar-refractivity contribution < 1.29 is 14.6 Å². The van der Waals surface area contributed by atoms with E-state index in [4.69, 9.17) is 9.47 Å². The highest BCUT2D eigenvalue weighted by Crippen LogP contribution is 2.45. The van der Waals surface area contributed by atoms with Crippen LogP contribution >= 0.6 is 0 Å². The Morgan fingerprint density at radius 2 is 1.75 bits per heavy atom. The first kappa shape index (κ1) is 15.2. The van der Waals surface area contributed by atoms with Gasteiger partial charge in [-0.25, -0.2) is 0 Å². The van der Waals surface area contributed by atoms with Gasteiger partial charge in [0.1, 0.15) is 11.5 Å². The topological polar surface area (TPSA) is 38.7 Å². The normalized spacial score (nSPS) is 25.9. The molecule has 0 bridgehead atoms. The molecule has 0 aromatic heterocycles. The van der Waals surface area contributed by atoms with Crippen LogP contribution in [0, 0.1) is 5.41 Å². The van der Waals surface area contributed by atoms with Gasteiger partial charge in [0.2, 0.25) is 0 Å². The van der Waals surface area contributed by atoms with E-state index < -0.39 is 5.60 Å². The van der Waals surface area contributed by atoms with Crippen LogP contribution in [-0.2, 0) is 5.60 Å². The molecule has 3 nitrogen and oxygen atoms in total. The smallest absolute Gasteiger partial charge is 0.125 e. The van der Waals surface area contributed by atoms with Gasteiger partial charge in [-0.3, -0.25) is 0 Å². The Balaban J connectivity index is 2.37. The van der Waals surface area contributed by atoms with Gasteiger partial charge in [-0.05, 0) is 55.7 Å². The lowest BCUT2D eigenvalue weighted by atomic mass is 9.82. The van der Waals surface area contributed by atoms with Crippen molar-refractivity contribution in [1.82, 2.24) is 0 Å². The Kier molecular flexibility index (Phi) is 4.28. The number of benzene rings is 1. The molecule has 0 spiro atoms. The average Bonchev–Trinajstić information content (AvgIpc) is 2.58. The lowest BCUT2D eigenvalue weighted by molar-refractivity contribution is 0.0156. The fraction of sp³-hybridized carbons (Fsp3) is 0.647. The van der Waals surface area contributed by atoms with Crippen LogP contribution in [0.3, 0.4) is 0 Å². The third-order valence-electron chi connectivity index (χ3n) is 4.57. The summed E-state index contributed by atoms with van der Waals surface area (Å²) in [6.07, 6.45) is 4.75. The molecule has 1 saturated carbocycles. The van der Waals surface area contributed by atoms with E-state index in [0.717, 1.165) is 49.2 Å². The summed E-state index contributed by atoms with van der Waals surface area (Å²) >= 11 is 0. The van der Waals surface area contributed by atoms with Crippen LogP contribution in [-0.4, -0.2) is 19.3 Å². The maximum atomic E-state index is 11.2. The fourth-order valence-corrected chi connectivity index (χ4v) is 3.10. The quantitative estimate of drug-likeness (QED) is 0.853. The molecular formula is C17H26O3. The van der Waals surface area contributed by atoms with Crippen LogP contribution in [0.1, 0.15) is 51.5 Å². The van der Waals surface area contributed by atoms with Crippen LogP contribution < -0.4 is 9.47 Å². The van der Waals surface area contributed by atoms with Gasteiger partial charge in [0.05, 0.1) is 19.8 Å². The van der Waals surface area contributed by atoms with Crippen molar-refractivity contribution in [2.45, 2.75) is 51.6 Å². The summed E-state index contributed by atoms with van der Waals surface area (Å²) in [5.74, 6) is 1.51. The number of hydrogen-bond acceptors (Lipinski definition) is 3. The fourth-order valence-electron chi connectivity index (χ4n) is 3.10. The predicted molar refractivity (Wildman–Crippen MR) is 80.3 cm³/mol. The Bertz CT molecular complexity index is 467. The van der Waals surface area contributed by atoms with Crippen molar-refractivity contribution in [2.75, 3.05) is 14.2 Å². The predicted octanol–water partition coefficient (Wildman–Crippen LogP) is 3.88. The van der Waals surface area contributed by atoms with Gasteiger partial charge in [0.25, 0.3) is 0 Å². The van der Waals surface area contributed by atoms with E-state index in [-0.39, 0.29) is 0 Å². The van der Waals surface area contributed by atoms with E-state index in [2.05, 4.69) is 13.8 Å². The lowest BCUT2D eigenvalue weighted by Crippen LogP contribution is -2.26. The zero-order chi connectivity index (χ0) is 14.8. The summed E-state index contributed by atoms with van der Waals surface area (Å²) in [5, 5.41) is 11.2. The van der Waals surface area contributed by atoms with Crippen molar-refractivity contribution in [3.05, 3.63) is 23.8 Å². The molecular weight excluding hydrogens is 252 g/mol. The first-order valence-corrected chi connectivity index (χ1v) is 7.35. The van der Waals surface area contributed by atoms with Crippen LogP contribution in [0.4, 0.5) is 0 Å². The highest BCUT2D eigenvalue weighted by Gasteiger charge is 2.37. The molecule has 1 atom stereocenters. The minimum Gasteiger partial charge on any atom is -0.497 e. The average molecular weight is 278 g/mol. The van der Waals surface area contributed by atoms with Gasteiger partial charge < -0.3 is 14.6 Å². The summed E-state index contributed by atoms with van der Waals surface area (Å²) in [5.41, 5.74) is 0.349. The molecule has 0 amide bonds. The molecule has 1 unspecified atom stereocenters. The van der Waals surface area contributed by atoms with Crippen molar-refractivity contribution in [1.29, 1.82) is 0 Å². The Hall–Kier alpha value is -1.22. The highest BCUT2D eigenvalue weighted by atomic mass is 16.5. The molecule has 1 aliphatic rings. The van der Waals surface area contributed by atoms with Crippen LogP contribution in [0.5, 0.6) is 11.5 Å². The molecule has 0 heterocycles. The van der Waals surface area contributed by atoms with Gasteiger partial charge in [-0.1, -0.05) is 13.8 Å². The third-order valence-corrected chi connectivity index (χ3v) is 4.57. The second-order valence-corrected chi connectivity index (χ2v) is 6.62. The highest BCUT2D eigenvalue weighted by molar-refractivity contribution is 5.44. The largest absolute Gasteiger partial charge is 0.497 e. The maximum absolute atomic E-state index is 11.2. The molecule has 1 fully saturated rings. The first-order valence-electron chi connectivity index (χ1n) is 7.35. The molecule has 20 heavy (non-hydrogen) atoms. The number of ether oxygens (including phenoxy) is 2. The Labute approximate surface area is 121 Å². The molecule has 2 rings (SSSR count). The number of rotatable bonds is 3. The van der Waals surface area contributed by atoms with Gasteiger partial charge in [-0.2, -0.15) is 0 Å². The summed E-state index contributed by atoms with van der Waals surface area (Å²) in [7, 11) is 3.29. The molecule has 1 N–H and O–H groups in total. The molecule has 0 aliphatic heterocycles. The monoisotopic (exact) mass is 278 g/mol. The molecule has 1 aliphatic carbocycles. The zero-order valence-electron chi connectivity index (χ0n) is 13.0. The maximum Gasteiger partial charge on any atom is 0.125 e. The van der Waals surface area contributed by atoms with E-state index in [0.29, 0.717) is 5.41 Å². The van der Waals surface area contributed by atoms with Crippen molar-refractivity contribution >= 4 is 0 Å². The van der Waals surface area contributed by atoms with Gasteiger partial charge >= 0.3 is 0 Å². The van der Waals surface area contributed by atoms with Crippen molar-refractivity contribution in [2.24, 2.45) is 5.41 Å². The van der Waals surface area contributed by atoms with Crippen LogP contribution in [0.15, 0.2) is 18.2 Å². The van der Waals surface area contributed by atoms with Gasteiger partial charge in [-0.15, -0.1) is 0 Å². The number of hydrogen-bond donors (Lipinski definition) is 1. The van der Waals surface area contributed by atoms with Crippen LogP contribution in [0.25, 0.3) is 0 Å². The summed E-state index contributed by atoms with van der Waals surface area (Å²) in [6, 6.07) is 5.66. The molecule has 112 valence electrons. The lowest BCUT2D eigenvalue weighted by Gasteiger charge is -2.30. The third kappa shape index (κ3) is 3.09. The van der Waals surface area contributed by atoms with Crippen molar-refractivity contribution in [3.8, 4) is 11.5 Å². The van der Waals surface area contributed by atoms with Crippen LogP contribution in [0.2, 0.25) is 0 Å². The first-order chi connectivity index (χ1) is 9.40. The Morgan fingerprint density at radius 1 is 1.00 bits per heavy atom. The van der Waals surface area contributed by atoms with E-state index in [1.54, 1.807) is 14.2 Å². The molecule has 0 radical (unpaired) electrons. The van der Waals surface area contributed by atoms with Gasteiger partial charge in [0, 0.05) is 5.56 Å². The molecule has 0 saturated heterocycles. The second-order valence-electron chi connectivity index (χ2n) is 6.62. The Morgan fingerprint density at radius 3 is 2.40 bits per heavy atom. The van der Waals surface area contributed by atoms with Crippen molar-refractivity contribution in [3.63, 3.8) is 0 Å². The minimum absolute atomic E-state index is 0.302. The van der Waals surface area contributed by atoms with E-state index in [1.807, 2.05) is 18.2 Å². The van der Waals surface area contributed by atoms with E-state index in [1.165, 1.54) is 0 Å². The SMILES string of the molecule is COc1ccc(OC)c(C2(O)CCCC(C)(C)CC2)c1. The van der Waals surface area contributed by atoms with E-state index in [9.17, 15) is 5.11 Å².